The summed E-state index contributed by atoms with van der Waals surface area (Å²) in [4.78, 5) is 20.2. The van der Waals surface area contributed by atoms with Crippen molar-refractivity contribution in [1.82, 2.24) is 9.97 Å². The number of nitrogens with one attached hydrogen (secondary N) is 1. The summed E-state index contributed by atoms with van der Waals surface area (Å²) in [6, 6.07) is 13.3. The highest BCUT2D eigenvalue weighted by atomic mass is 35.5. The summed E-state index contributed by atoms with van der Waals surface area (Å²) in [5.74, 6) is 0.146. The van der Waals surface area contributed by atoms with E-state index in [4.69, 9.17) is 25.8 Å². The SMILES string of the molecule is CCOC(=O)c1ncc2[nH]c3cccc(COc4ccccc4Cl)c3c2c1COC. The van der Waals surface area contributed by atoms with Crippen LogP contribution in [0.4, 0.5) is 0 Å². The number of rotatable bonds is 7. The Hall–Kier alpha value is -3.09. The third-order valence-electron chi connectivity index (χ3n) is 4.83. The number of para-hydroxylation sites is 1. The number of benzene rings is 2. The third-order valence-corrected chi connectivity index (χ3v) is 5.14. The lowest BCUT2D eigenvalue weighted by Gasteiger charge is -2.12. The third kappa shape index (κ3) is 3.72. The van der Waals surface area contributed by atoms with Crippen molar-refractivity contribution >= 4 is 39.4 Å². The zero-order chi connectivity index (χ0) is 21.1. The number of esters is 1. The molecule has 0 saturated carbocycles. The van der Waals surface area contributed by atoms with Gasteiger partial charge in [0.25, 0.3) is 0 Å². The predicted octanol–water partition coefficient (Wildman–Crippen LogP) is 5.27. The number of halogens is 1. The first kappa shape index (κ1) is 20.2. The van der Waals surface area contributed by atoms with Gasteiger partial charge in [-0.1, -0.05) is 35.9 Å². The Morgan fingerprint density at radius 2 is 1.90 bits per heavy atom. The van der Waals surface area contributed by atoms with Crippen LogP contribution in [-0.2, 0) is 22.7 Å². The van der Waals surface area contributed by atoms with Gasteiger partial charge in [0.05, 0.1) is 29.9 Å². The van der Waals surface area contributed by atoms with Gasteiger partial charge in [-0.2, -0.15) is 0 Å². The Morgan fingerprint density at radius 1 is 1.07 bits per heavy atom. The molecule has 2 aromatic carbocycles. The highest BCUT2D eigenvalue weighted by Crippen LogP contribution is 2.34. The van der Waals surface area contributed by atoms with Gasteiger partial charge in [-0.05, 0) is 30.7 Å². The summed E-state index contributed by atoms with van der Waals surface area (Å²) in [5.41, 5.74) is 3.64. The van der Waals surface area contributed by atoms with E-state index in [1.165, 1.54) is 0 Å². The monoisotopic (exact) mass is 424 g/mol. The Morgan fingerprint density at radius 3 is 2.67 bits per heavy atom. The van der Waals surface area contributed by atoms with E-state index in [1.54, 1.807) is 26.3 Å². The molecule has 154 valence electrons. The average molecular weight is 425 g/mol. The van der Waals surface area contributed by atoms with Crippen LogP contribution >= 0.6 is 11.6 Å². The topological polar surface area (TPSA) is 73.4 Å². The van der Waals surface area contributed by atoms with Crippen molar-refractivity contribution in [1.29, 1.82) is 0 Å². The number of H-pyrrole nitrogens is 1. The summed E-state index contributed by atoms with van der Waals surface area (Å²) in [6.45, 7) is 2.58. The van der Waals surface area contributed by atoms with E-state index in [0.29, 0.717) is 22.9 Å². The van der Waals surface area contributed by atoms with Crippen LogP contribution in [-0.4, -0.2) is 29.7 Å². The van der Waals surface area contributed by atoms with E-state index in [2.05, 4.69) is 9.97 Å². The van der Waals surface area contributed by atoms with Crippen molar-refractivity contribution in [2.24, 2.45) is 0 Å². The molecule has 0 unspecified atom stereocenters. The van der Waals surface area contributed by atoms with E-state index in [9.17, 15) is 4.79 Å². The van der Waals surface area contributed by atoms with Gasteiger partial charge in [0.1, 0.15) is 12.4 Å². The van der Waals surface area contributed by atoms with Crippen LogP contribution in [0.25, 0.3) is 21.8 Å². The van der Waals surface area contributed by atoms with E-state index in [0.717, 1.165) is 27.4 Å². The van der Waals surface area contributed by atoms with E-state index >= 15 is 0 Å². The fourth-order valence-corrected chi connectivity index (χ4v) is 3.77. The lowest BCUT2D eigenvalue weighted by Crippen LogP contribution is -2.11. The molecule has 0 atom stereocenters. The van der Waals surface area contributed by atoms with Crippen molar-refractivity contribution < 1.29 is 19.0 Å². The number of carbonyl (C=O) groups excluding carboxylic acids is 1. The summed E-state index contributed by atoms with van der Waals surface area (Å²) >= 11 is 6.23. The molecule has 30 heavy (non-hydrogen) atoms. The first-order valence-corrected chi connectivity index (χ1v) is 9.96. The van der Waals surface area contributed by atoms with Gasteiger partial charge in [-0.15, -0.1) is 0 Å². The molecule has 2 heterocycles. The molecule has 2 aromatic heterocycles. The Kier molecular flexibility index (Phi) is 5.88. The molecule has 0 saturated heterocycles. The van der Waals surface area contributed by atoms with Crippen LogP contribution in [0.5, 0.6) is 5.75 Å². The number of aromatic nitrogens is 2. The number of methoxy groups -OCH3 is 1. The smallest absolute Gasteiger partial charge is 0.357 e. The Bertz CT molecular complexity index is 1220. The Balaban J connectivity index is 1.86. The molecule has 0 spiro atoms. The molecule has 0 bridgehead atoms. The lowest BCUT2D eigenvalue weighted by molar-refractivity contribution is 0.0514. The van der Waals surface area contributed by atoms with Crippen LogP contribution in [0, 0.1) is 0 Å². The van der Waals surface area contributed by atoms with Crippen LogP contribution in [0.3, 0.4) is 0 Å². The van der Waals surface area contributed by atoms with Gasteiger partial charge in [0.15, 0.2) is 5.69 Å². The van der Waals surface area contributed by atoms with Crippen molar-refractivity contribution in [3.8, 4) is 5.75 Å². The van der Waals surface area contributed by atoms with Gasteiger partial charge in [-0.3, -0.25) is 0 Å². The minimum absolute atomic E-state index is 0.227. The number of pyridine rings is 1. The number of nitrogens with zero attached hydrogens (tertiary/aromatic N) is 1. The standard InChI is InChI=1S/C23H21ClN2O4/c1-3-29-23(27)22-15(13-28-2)21-18(11-25-22)26-17-9-6-7-14(20(17)21)12-30-19-10-5-4-8-16(19)24/h4-11,26H,3,12-13H2,1-2H3. The number of fused-ring (bicyclic) bond motifs is 3. The van der Waals surface area contributed by atoms with Crippen LogP contribution in [0.15, 0.2) is 48.7 Å². The fraction of sp³-hybridized carbons (Fsp3) is 0.217. The molecule has 0 amide bonds. The summed E-state index contributed by atoms with van der Waals surface area (Å²) in [5, 5.41) is 2.39. The highest BCUT2D eigenvalue weighted by Gasteiger charge is 2.21. The minimum Gasteiger partial charge on any atom is -0.487 e. The van der Waals surface area contributed by atoms with E-state index < -0.39 is 5.97 Å². The lowest BCUT2D eigenvalue weighted by atomic mass is 10.0. The van der Waals surface area contributed by atoms with Crippen molar-refractivity contribution in [3.63, 3.8) is 0 Å². The predicted molar refractivity (Wildman–Crippen MR) is 116 cm³/mol. The summed E-state index contributed by atoms with van der Waals surface area (Å²) in [7, 11) is 1.59. The average Bonchev–Trinajstić information content (AvgIpc) is 3.13. The molecule has 0 aliphatic carbocycles. The van der Waals surface area contributed by atoms with Crippen LogP contribution < -0.4 is 4.74 Å². The zero-order valence-corrected chi connectivity index (χ0v) is 17.5. The second-order valence-electron chi connectivity index (χ2n) is 6.71. The van der Waals surface area contributed by atoms with Crippen LogP contribution in [0.1, 0.15) is 28.5 Å². The number of hydrogen-bond donors (Lipinski definition) is 1. The molecule has 4 rings (SSSR count). The summed E-state index contributed by atoms with van der Waals surface area (Å²) < 4.78 is 16.6. The fourth-order valence-electron chi connectivity index (χ4n) is 3.58. The van der Waals surface area contributed by atoms with Gasteiger partial charge < -0.3 is 19.2 Å². The maximum absolute atomic E-state index is 12.5. The second-order valence-corrected chi connectivity index (χ2v) is 7.12. The Labute approximate surface area is 178 Å². The maximum atomic E-state index is 12.5. The van der Waals surface area contributed by atoms with E-state index in [1.807, 2.05) is 36.4 Å². The number of carbonyl (C=O) groups is 1. The molecular weight excluding hydrogens is 404 g/mol. The minimum atomic E-state index is -0.467. The van der Waals surface area contributed by atoms with Gasteiger partial charge in [0, 0.05) is 29.0 Å². The summed E-state index contributed by atoms with van der Waals surface area (Å²) in [6.07, 6.45) is 1.65. The van der Waals surface area contributed by atoms with Crippen LogP contribution in [0.2, 0.25) is 5.02 Å². The van der Waals surface area contributed by atoms with Crippen molar-refractivity contribution in [2.45, 2.75) is 20.1 Å². The van der Waals surface area contributed by atoms with Gasteiger partial charge >= 0.3 is 5.97 Å². The normalized spacial score (nSPS) is 11.2. The second kappa shape index (κ2) is 8.73. The van der Waals surface area contributed by atoms with Gasteiger partial charge in [0.2, 0.25) is 0 Å². The molecule has 4 aromatic rings. The number of hydrogen-bond acceptors (Lipinski definition) is 5. The molecule has 6 nitrogen and oxygen atoms in total. The first-order valence-electron chi connectivity index (χ1n) is 9.58. The highest BCUT2D eigenvalue weighted by molar-refractivity contribution is 6.32. The van der Waals surface area contributed by atoms with E-state index in [-0.39, 0.29) is 18.9 Å². The van der Waals surface area contributed by atoms with Gasteiger partial charge in [-0.25, -0.2) is 9.78 Å². The number of aromatic amines is 1. The van der Waals surface area contributed by atoms with Crippen molar-refractivity contribution in [2.75, 3.05) is 13.7 Å². The molecule has 1 N–H and O–H groups in total. The first-order chi connectivity index (χ1) is 14.6. The maximum Gasteiger partial charge on any atom is 0.357 e. The molecule has 0 fully saturated rings. The largest absolute Gasteiger partial charge is 0.487 e. The number of ether oxygens (including phenoxy) is 3. The molecule has 7 heteroatoms. The molecule has 0 aliphatic heterocycles. The molecular formula is C23H21ClN2O4. The molecule has 0 aliphatic rings. The quantitative estimate of drug-likeness (QED) is 0.409. The molecule has 0 radical (unpaired) electrons. The zero-order valence-electron chi connectivity index (χ0n) is 16.7. The van der Waals surface area contributed by atoms with Crippen molar-refractivity contribution in [3.05, 3.63) is 70.5 Å².